The normalized spacial score (nSPS) is 12.3. The predicted octanol–water partition coefficient (Wildman–Crippen LogP) is 3.22. The number of aliphatic carboxylic acids is 1. The van der Waals surface area contributed by atoms with E-state index in [0.717, 1.165) is 0 Å². The van der Waals surface area contributed by atoms with Crippen LogP contribution < -0.4 is 5.32 Å². The number of carbonyl (C=O) groups excluding carboxylic acids is 1. The van der Waals surface area contributed by atoms with Gasteiger partial charge in [-0.25, -0.2) is 4.79 Å². The van der Waals surface area contributed by atoms with E-state index in [0.29, 0.717) is 11.4 Å². The standard InChI is InChI=1S/C13H15Cl2NO3/c1-7(2)5-11(13(18)19)16-12(17)9-6-8(14)3-4-10(9)15/h3-4,6-7,11H,5H2,1-2H3,(H,16,17)(H,18,19)/t11-/m0/s1. The van der Waals surface area contributed by atoms with Crippen LogP contribution in [0.5, 0.6) is 0 Å². The quantitative estimate of drug-likeness (QED) is 0.877. The zero-order valence-corrected chi connectivity index (χ0v) is 12.1. The molecule has 0 aliphatic carbocycles. The molecule has 0 fully saturated rings. The van der Waals surface area contributed by atoms with Gasteiger partial charge >= 0.3 is 5.97 Å². The van der Waals surface area contributed by atoms with E-state index < -0.39 is 17.9 Å². The van der Waals surface area contributed by atoms with Gasteiger partial charge in [-0.3, -0.25) is 4.79 Å². The summed E-state index contributed by atoms with van der Waals surface area (Å²) in [5.41, 5.74) is 0.171. The molecule has 0 saturated heterocycles. The zero-order valence-electron chi connectivity index (χ0n) is 10.6. The molecule has 0 heterocycles. The molecule has 1 rings (SSSR count). The molecule has 0 spiro atoms. The third-order valence-corrected chi connectivity index (χ3v) is 3.05. The number of benzene rings is 1. The van der Waals surface area contributed by atoms with Crippen molar-refractivity contribution in [2.45, 2.75) is 26.3 Å². The van der Waals surface area contributed by atoms with Crippen LogP contribution in [-0.4, -0.2) is 23.0 Å². The molecule has 0 radical (unpaired) electrons. The molecule has 0 aliphatic heterocycles. The summed E-state index contributed by atoms with van der Waals surface area (Å²) < 4.78 is 0. The summed E-state index contributed by atoms with van der Waals surface area (Å²) >= 11 is 11.7. The Bertz CT molecular complexity index is 489. The number of rotatable bonds is 5. The number of amides is 1. The Morgan fingerprint density at radius 3 is 2.47 bits per heavy atom. The first-order valence-electron chi connectivity index (χ1n) is 5.80. The Morgan fingerprint density at radius 1 is 1.32 bits per heavy atom. The molecular weight excluding hydrogens is 289 g/mol. The molecule has 6 heteroatoms. The van der Waals surface area contributed by atoms with Crippen molar-refractivity contribution >= 4 is 35.1 Å². The van der Waals surface area contributed by atoms with Crippen molar-refractivity contribution in [2.24, 2.45) is 5.92 Å². The van der Waals surface area contributed by atoms with Gasteiger partial charge in [0.25, 0.3) is 5.91 Å². The molecule has 4 nitrogen and oxygen atoms in total. The van der Waals surface area contributed by atoms with Gasteiger partial charge in [0.15, 0.2) is 0 Å². The van der Waals surface area contributed by atoms with Crippen LogP contribution in [0, 0.1) is 5.92 Å². The van der Waals surface area contributed by atoms with Crippen molar-refractivity contribution < 1.29 is 14.7 Å². The second kappa shape index (κ2) is 6.78. The van der Waals surface area contributed by atoms with Crippen molar-refractivity contribution in [3.63, 3.8) is 0 Å². The summed E-state index contributed by atoms with van der Waals surface area (Å²) in [7, 11) is 0. The van der Waals surface area contributed by atoms with E-state index in [2.05, 4.69) is 5.32 Å². The molecule has 19 heavy (non-hydrogen) atoms. The number of hydrogen-bond acceptors (Lipinski definition) is 2. The van der Waals surface area contributed by atoms with Gasteiger partial charge in [-0.2, -0.15) is 0 Å². The Kier molecular flexibility index (Phi) is 5.63. The Morgan fingerprint density at radius 2 is 1.95 bits per heavy atom. The number of hydrogen-bond donors (Lipinski definition) is 2. The van der Waals surface area contributed by atoms with Gasteiger partial charge in [-0.15, -0.1) is 0 Å². The maximum absolute atomic E-state index is 12.0. The van der Waals surface area contributed by atoms with Gasteiger partial charge in [0.2, 0.25) is 0 Å². The fourth-order valence-electron chi connectivity index (χ4n) is 1.60. The molecule has 1 atom stereocenters. The average Bonchev–Trinajstić information content (AvgIpc) is 2.30. The van der Waals surface area contributed by atoms with Crippen molar-refractivity contribution in [1.29, 1.82) is 0 Å². The second-order valence-corrected chi connectivity index (χ2v) is 5.46. The van der Waals surface area contributed by atoms with Gasteiger partial charge in [0, 0.05) is 5.02 Å². The highest BCUT2D eigenvalue weighted by Gasteiger charge is 2.22. The Balaban J connectivity index is 2.87. The molecule has 2 N–H and O–H groups in total. The van der Waals surface area contributed by atoms with Crippen LogP contribution in [0.15, 0.2) is 18.2 Å². The minimum Gasteiger partial charge on any atom is -0.480 e. The summed E-state index contributed by atoms with van der Waals surface area (Å²) in [4.78, 5) is 23.1. The number of carbonyl (C=O) groups is 2. The summed E-state index contributed by atoms with van der Waals surface area (Å²) in [6.45, 7) is 3.77. The minimum absolute atomic E-state index is 0.149. The molecule has 1 aromatic carbocycles. The summed E-state index contributed by atoms with van der Waals surface area (Å²) in [5.74, 6) is -1.46. The van der Waals surface area contributed by atoms with Gasteiger partial charge in [-0.1, -0.05) is 37.0 Å². The maximum atomic E-state index is 12.0. The maximum Gasteiger partial charge on any atom is 0.326 e. The van der Waals surface area contributed by atoms with E-state index in [4.69, 9.17) is 28.3 Å². The van der Waals surface area contributed by atoms with E-state index in [9.17, 15) is 9.59 Å². The van der Waals surface area contributed by atoms with Crippen LogP contribution >= 0.6 is 23.2 Å². The molecule has 1 aromatic rings. The molecule has 0 aromatic heterocycles. The Labute approximate surface area is 121 Å². The monoisotopic (exact) mass is 303 g/mol. The van der Waals surface area contributed by atoms with E-state index >= 15 is 0 Å². The molecule has 0 aliphatic rings. The van der Waals surface area contributed by atoms with E-state index in [-0.39, 0.29) is 16.5 Å². The number of nitrogens with one attached hydrogen (secondary N) is 1. The summed E-state index contributed by atoms with van der Waals surface area (Å²) in [5, 5.41) is 12.1. The van der Waals surface area contributed by atoms with Crippen LogP contribution in [0.2, 0.25) is 10.0 Å². The van der Waals surface area contributed by atoms with Gasteiger partial charge in [0.1, 0.15) is 6.04 Å². The lowest BCUT2D eigenvalue weighted by molar-refractivity contribution is -0.139. The lowest BCUT2D eigenvalue weighted by Gasteiger charge is -2.17. The lowest BCUT2D eigenvalue weighted by Crippen LogP contribution is -2.41. The van der Waals surface area contributed by atoms with Gasteiger partial charge < -0.3 is 10.4 Å². The second-order valence-electron chi connectivity index (χ2n) is 4.62. The molecule has 0 unspecified atom stereocenters. The van der Waals surface area contributed by atoms with Crippen molar-refractivity contribution in [1.82, 2.24) is 5.32 Å². The SMILES string of the molecule is CC(C)C[C@H](NC(=O)c1cc(Cl)ccc1Cl)C(=O)O. The van der Waals surface area contributed by atoms with Crippen LogP contribution in [-0.2, 0) is 4.79 Å². The fourth-order valence-corrected chi connectivity index (χ4v) is 1.98. The highest BCUT2D eigenvalue weighted by Crippen LogP contribution is 2.20. The highest BCUT2D eigenvalue weighted by atomic mass is 35.5. The average molecular weight is 304 g/mol. The largest absolute Gasteiger partial charge is 0.480 e. The summed E-state index contributed by atoms with van der Waals surface area (Å²) in [6.07, 6.45) is 0.346. The smallest absolute Gasteiger partial charge is 0.326 e. The van der Waals surface area contributed by atoms with Crippen LogP contribution in [0.3, 0.4) is 0 Å². The van der Waals surface area contributed by atoms with Crippen LogP contribution in [0.1, 0.15) is 30.6 Å². The number of carboxylic acid groups (broad SMARTS) is 1. The third kappa shape index (κ3) is 4.73. The highest BCUT2D eigenvalue weighted by molar-refractivity contribution is 6.35. The van der Waals surface area contributed by atoms with Gasteiger partial charge in [0.05, 0.1) is 10.6 Å². The van der Waals surface area contributed by atoms with E-state index in [1.165, 1.54) is 12.1 Å². The first-order valence-corrected chi connectivity index (χ1v) is 6.55. The molecular formula is C13H15Cl2NO3. The number of carboxylic acids is 1. The lowest BCUT2D eigenvalue weighted by atomic mass is 10.0. The first-order chi connectivity index (χ1) is 8.81. The zero-order chi connectivity index (χ0) is 14.6. The topological polar surface area (TPSA) is 66.4 Å². The fraction of sp³-hybridized carbons (Fsp3) is 0.385. The Hall–Kier alpha value is -1.26. The summed E-state index contributed by atoms with van der Waals surface area (Å²) in [6, 6.07) is 3.52. The molecule has 104 valence electrons. The van der Waals surface area contributed by atoms with Crippen molar-refractivity contribution in [2.75, 3.05) is 0 Å². The molecule has 0 bridgehead atoms. The van der Waals surface area contributed by atoms with Crippen molar-refractivity contribution in [3.8, 4) is 0 Å². The van der Waals surface area contributed by atoms with Gasteiger partial charge in [-0.05, 0) is 30.5 Å². The van der Waals surface area contributed by atoms with Crippen molar-refractivity contribution in [3.05, 3.63) is 33.8 Å². The van der Waals surface area contributed by atoms with Crippen LogP contribution in [0.25, 0.3) is 0 Å². The van der Waals surface area contributed by atoms with E-state index in [1.54, 1.807) is 6.07 Å². The minimum atomic E-state index is -1.07. The number of halogens is 2. The van der Waals surface area contributed by atoms with E-state index in [1.807, 2.05) is 13.8 Å². The first kappa shape index (κ1) is 15.8. The molecule has 1 amide bonds. The molecule has 0 saturated carbocycles. The third-order valence-electron chi connectivity index (χ3n) is 2.48. The van der Waals surface area contributed by atoms with Crippen LogP contribution in [0.4, 0.5) is 0 Å². The predicted molar refractivity (Wildman–Crippen MR) is 74.8 cm³/mol.